The fourth-order valence-electron chi connectivity index (χ4n) is 3.81. The number of rotatable bonds is 9. The minimum absolute atomic E-state index is 0.0606. The number of methoxy groups -OCH3 is 2. The number of nitrogens with one attached hydrogen (secondary N) is 2. The Morgan fingerprint density at radius 1 is 1.00 bits per heavy atom. The Labute approximate surface area is 186 Å². The number of benzene rings is 3. The van der Waals surface area contributed by atoms with E-state index in [1.54, 1.807) is 26.5 Å². The van der Waals surface area contributed by atoms with Gasteiger partial charge in [0, 0.05) is 53.2 Å². The summed E-state index contributed by atoms with van der Waals surface area (Å²) in [5.74, 6) is 1.20. The van der Waals surface area contributed by atoms with Gasteiger partial charge < -0.3 is 24.9 Å². The highest BCUT2D eigenvalue weighted by molar-refractivity contribution is 6.11. The van der Waals surface area contributed by atoms with Crippen LogP contribution in [0.1, 0.15) is 27.5 Å². The summed E-state index contributed by atoms with van der Waals surface area (Å²) >= 11 is 0. The maximum Gasteiger partial charge on any atom is 0.191 e. The van der Waals surface area contributed by atoms with Crippen LogP contribution in [0.25, 0.3) is 10.9 Å². The van der Waals surface area contributed by atoms with Gasteiger partial charge in [0.25, 0.3) is 0 Å². The van der Waals surface area contributed by atoms with Crippen molar-refractivity contribution in [3.63, 3.8) is 0 Å². The lowest BCUT2D eigenvalue weighted by molar-refractivity contribution is 0.0971. The van der Waals surface area contributed by atoms with Crippen molar-refractivity contribution in [2.75, 3.05) is 26.1 Å². The molecule has 0 aliphatic rings. The third-order valence-corrected chi connectivity index (χ3v) is 5.47. The van der Waals surface area contributed by atoms with Gasteiger partial charge in [0.15, 0.2) is 5.78 Å². The zero-order valence-corrected chi connectivity index (χ0v) is 18.1. The van der Waals surface area contributed by atoms with Gasteiger partial charge in [-0.1, -0.05) is 36.4 Å². The van der Waals surface area contributed by atoms with E-state index in [0.29, 0.717) is 29.2 Å². The average Bonchev–Trinajstić information content (AvgIpc) is 3.26. The van der Waals surface area contributed by atoms with Gasteiger partial charge in [-0.2, -0.15) is 0 Å². The van der Waals surface area contributed by atoms with Crippen LogP contribution in [0.2, 0.25) is 0 Å². The average molecular weight is 431 g/mol. The third kappa shape index (κ3) is 4.45. The highest BCUT2D eigenvalue weighted by Crippen LogP contribution is 2.32. The summed E-state index contributed by atoms with van der Waals surface area (Å²) in [4.78, 5) is 17.0. The first-order valence-electron chi connectivity index (χ1n) is 10.4. The molecule has 4 rings (SSSR count). The fraction of sp³-hybridized carbons (Fsp3) is 0.192. The number of hydrogen-bond donors (Lipinski definition) is 3. The van der Waals surface area contributed by atoms with Gasteiger partial charge in [-0.25, -0.2) is 0 Å². The molecule has 6 heteroatoms. The van der Waals surface area contributed by atoms with Crippen molar-refractivity contribution in [1.82, 2.24) is 4.98 Å². The summed E-state index contributed by atoms with van der Waals surface area (Å²) in [6.07, 6.45) is 2.29. The molecule has 0 radical (unpaired) electrons. The number of ketones is 1. The monoisotopic (exact) mass is 430 g/mol. The largest absolute Gasteiger partial charge is 0.497 e. The number of ether oxygens (including phenoxy) is 2. The summed E-state index contributed by atoms with van der Waals surface area (Å²) in [5, 5.41) is 13.5. The maximum atomic E-state index is 13.8. The molecule has 1 unspecified atom stereocenters. The molecule has 3 aromatic carbocycles. The minimum atomic E-state index is -0.617. The predicted molar refractivity (Wildman–Crippen MR) is 126 cm³/mol. The summed E-state index contributed by atoms with van der Waals surface area (Å²) in [5.41, 5.74) is 4.01. The molecule has 0 bridgehead atoms. The van der Waals surface area contributed by atoms with Crippen molar-refractivity contribution in [2.45, 2.75) is 12.5 Å². The molecule has 0 spiro atoms. The third-order valence-electron chi connectivity index (χ3n) is 5.47. The number of hydrogen-bond acceptors (Lipinski definition) is 5. The van der Waals surface area contributed by atoms with Crippen molar-refractivity contribution in [3.05, 3.63) is 89.6 Å². The topological polar surface area (TPSA) is 83.6 Å². The van der Waals surface area contributed by atoms with Gasteiger partial charge in [-0.3, -0.25) is 4.79 Å². The number of fused-ring (bicyclic) bond motifs is 1. The van der Waals surface area contributed by atoms with Gasteiger partial charge in [0.2, 0.25) is 0 Å². The van der Waals surface area contributed by atoms with E-state index in [0.717, 1.165) is 22.0 Å². The van der Waals surface area contributed by atoms with Crippen molar-refractivity contribution in [2.24, 2.45) is 0 Å². The molecule has 0 aliphatic carbocycles. The number of aromatic nitrogens is 1. The Balaban J connectivity index is 1.76. The van der Waals surface area contributed by atoms with Crippen LogP contribution in [0.3, 0.4) is 0 Å². The number of carbonyl (C=O) groups is 1. The van der Waals surface area contributed by atoms with E-state index < -0.39 is 6.04 Å². The van der Waals surface area contributed by atoms with Gasteiger partial charge in [-0.15, -0.1) is 0 Å². The minimum Gasteiger partial charge on any atom is -0.497 e. The predicted octanol–water partition coefficient (Wildman–Crippen LogP) is 4.76. The summed E-state index contributed by atoms with van der Waals surface area (Å²) in [6, 6.07) is 20.3. The summed E-state index contributed by atoms with van der Waals surface area (Å²) in [6.45, 7) is 0.0606. The lowest BCUT2D eigenvalue weighted by Gasteiger charge is -2.20. The van der Waals surface area contributed by atoms with Gasteiger partial charge in [0.05, 0.1) is 14.2 Å². The van der Waals surface area contributed by atoms with Crippen LogP contribution in [-0.2, 0) is 6.42 Å². The van der Waals surface area contributed by atoms with E-state index in [9.17, 15) is 9.90 Å². The lowest BCUT2D eigenvalue weighted by atomic mass is 9.96. The van der Waals surface area contributed by atoms with Gasteiger partial charge in [0.1, 0.15) is 17.5 Å². The van der Waals surface area contributed by atoms with E-state index in [4.69, 9.17) is 9.47 Å². The van der Waals surface area contributed by atoms with Crippen LogP contribution in [0.4, 0.5) is 5.69 Å². The van der Waals surface area contributed by atoms with Crippen molar-refractivity contribution in [3.8, 4) is 11.5 Å². The Hall–Kier alpha value is -3.77. The molecule has 3 N–H and O–H groups in total. The molecule has 0 aliphatic heterocycles. The molecule has 0 saturated heterocycles. The van der Waals surface area contributed by atoms with Crippen molar-refractivity contribution < 1.29 is 19.4 Å². The van der Waals surface area contributed by atoms with E-state index in [1.165, 1.54) is 0 Å². The van der Waals surface area contributed by atoms with Crippen molar-refractivity contribution in [1.29, 1.82) is 0 Å². The molecule has 164 valence electrons. The number of aliphatic hydroxyl groups excluding tert-OH is 1. The Morgan fingerprint density at radius 3 is 2.38 bits per heavy atom. The van der Waals surface area contributed by atoms with E-state index in [-0.39, 0.29) is 12.4 Å². The zero-order valence-electron chi connectivity index (χ0n) is 18.1. The second-order valence-corrected chi connectivity index (χ2v) is 7.51. The standard InChI is InChI=1S/C26H26N2O4/c1-31-20-13-19(14-21(15-20)32-2)28-25(18-6-4-3-5-7-18)26(30)23-16-27-24-9-8-17(10-11-29)12-22(23)24/h3-9,12-16,25,27-29H,10-11H2,1-2H3. The summed E-state index contributed by atoms with van der Waals surface area (Å²) in [7, 11) is 3.18. The SMILES string of the molecule is COc1cc(NC(C(=O)c2c[nH]c3ccc(CCO)cc23)c2ccccc2)cc(OC)c1. The molecule has 4 aromatic rings. The number of anilines is 1. The smallest absolute Gasteiger partial charge is 0.191 e. The number of carbonyl (C=O) groups excluding carboxylic acids is 1. The quantitative estimate of drug-likeness (QED) is 0.334. The first-order valence-corrected chi connectivity index (χ1v) is 10.4. The Bertz CT molecular complexity index is 1190. The van der Waals surface area contributed by atoms with Crippen LogP contribution in [0.5, 0.6) is 11.5 Å². The van der Waals surface area contributed by atoms with Gasteiger partial charge >= 0.3 is 0 Å². The first-order chi connectivity index (χ1) is 15.6. The normalized spacial score (nSPS) is 11.8. The molecular formula is C26H26N2O4. The van der Waals surface area contributed by atoms with Crippen LogP contribution in [0.15, 0.2) is 72.9 Å². The molecule has 1 atom stereocenters. The number of aromatic amines is 1. The fourth-order valence-corrected chi connectivity index (χ4v) is 3.81. The lowest BCUT2D eigenvalue weighted by Crippen LogP contribution is -2.21. The molecular weight excluding hydrogens is 404 g/mol. The van der Waals surface area contributed by atoms with Crippen LogP contribution < -0.4 is 14.8 Å². The second-order valence-electron chi connectivity index (χ2n) is 7.51. The molecule has 0 amide bonds. The summed E-state index contributed by atoms with van der Waals surface area (Å²) < 4.78 is 10.8. The Kier molecular flexibility index (Phi) is 6.42. The van der Waals surface area contributed by atoms with Crippen LogP contribution >= 0.6 is 0 Å². The first kappa shape index (κ1) is 21.5. The van der Waals surface area contributed by atoms with Crippen molar-refractivity contribution >= 4 is 22.4 Å². The van der Waals surface area contributed by atoms with Gasteiger partial charge in [-0.05, 0) is 29.7 Å². The maximum absolute atomic E-state index is 13.8. The van der Waals surface area contributed by atoms with E-state index in [2.05, 4.69) is 10.3 Å². The molecule has 1 aromatic heterocycles. The second kappa shape index (κ2) is 9.58. The highest BCUT2D eigenvalue weighted by atomic mass is 16.5. The number of Topliss-reactive ketones (excluding diaryl/α,β-unsaturated/α-hetero) is 1. The molecule has 32 heavy (non-hydrogen) atoms. The van der Waals surface area contributed by atoms with E-state index in [1.807, 2.05) is 60.7 Å². The number of H-pyrrole nitrogens is 1. The highest BCUT2D eigenvalue weighted by Gasteiger charge is 2.25. The zero-order chi connectivity index (χ0) is 22.5. The molecule has 6 nitrogen and oxygen atoms in total. The number of aliphatic hydroxyl groups is 1. The molecule has 0 saturated carbocycles. The molecule has 1 heterocycles. The van der Waals surface area contributed by atoms with Crippen LogP contribution in [-0.4, -0.2) is 36.7 Å². The Morgan fingerprint density at radius 2 is 1.72 bits per heavy atom. The van der Waals surface area contributed by atoms with Crippen LogP contribution in [0, 0.1) is 0 Å². The van der Waals surface area contributed by atoms with E-state index >= 15 is 0 Å². The molecule has 0 fully saturated rings.